The molecule has 17 heavy (non-hydrogen) atoms. The molecule has 3 aromatic rings. The van der Waals surface area contributed by atoms with Crippen LogP contribution >= 0.6 is 35.7 Å². The fourth-order valence-corrected chi connectivity index (χ4v) is 3.39. The molecule has 0 aliphatic rings. The van der Waals surface area contributed by atoms with Crippen LogP contribution in [0.1, 0.15) is 0 Å². The predicted molar refractivity (Wildman–Crippen MR) is 71.6 cm³/mol. The molecule has 3 nitrogen and oxygen atoms in total. The maximum absolute atomic E-state index is 5.10. The van der Waals surface area contributed by atoms with Crippen LogP contribution in [-0.2, 0) is 0 Å². The van der Waals surface area contributed by atoms with Gasteiger partial charge in [-0.1, -0.05) is 6.07 Å². The van der Waals surface area contributed by atoms with Crippen molar-refractivity contribution in [1.29, 1.82) is 0 Å². The number of nitrogens with zero attached hydrogens (tertiary/aromatic N) is 3. The van der Waals surface area contributed by atoms with Gasteiger partial charge in [-0.05, 0) is 42.6 Å². The van der Waals surface area contributed by atoms with Crippen LogP contribution in [0, 0.1) is 0 Å². The third-order valence-corrected chi connectivity index (χ3v) is 4.20. The molecule has 2 aromatic heterocycles. The van der Waals surface area contributed by atoms with Crippen molar-refractivity contribution < 1.29 is 0 Å². The summed E-state index contributed by atoms with van der Waals surface area (Å²) < 4.78 is 1.78. The molecule has 1 radical (unpaired) electrons. The Kier molecular flexibility index (Phi) is 2.92. The van der Waals surface area contributed by atoms with E-state index in [9.17, 15) is 0 Å². The lowest BCUT2D eigenvalue weighted by Crippen LogP contribution is -1.83. The van der Waals surface area contributed by atoms with Gasteiger partial charge in [-0.3, -0.25) is 0 Å². The number of benzene rings is 1. The zero-order chi connectivity index (χ0) is 11.7. The van der Waals surface area contributed by atoms with E-state index in [1.54, 1.807) is 18.5 Å². The number of thiazole rings is 1. The summed E-state index contributed by atoms with van der Waals surface area (Å²) in [5, 5.41) is 0.721. The molecule has 3 rings (SSSR count). The highest BCUT2D eigenvalue weighted by molar-refractivity contribution is 7.99. The average Bonchev–Trinajstić information content (AvgIpc) is 2.72. The largest absolute Gasteiger partial charge is 0.231 e. The second-order valence-electron chi connectivity index (χ2n) is 3.22. The lowest BCUT2D eigenvalue weighted by Gasteiger charge is -1.99. The van der Waals surface area contributed by atoms with Gasteiger partial charge in [0.1, 0.15) is 0 Å². The SMILES string of the molecule is [S]c1nc2c(Sc3ncccn3)cccc2s1. The molecule has 0 N–H and O–H groups in total. The van der Waals surface area contributed by atoms with Crippen LogP contribution in [0.5, 0.6) is 0 Å². The van der Waals surface area contributed by atoms with Gasteiger partial charge in [0.15, 0.2) is 9.50 Å². The molecule has 0 bridgehead atoms. The molecule has 0 atom stereocenters. The first-order valence-electron chi connectivity index (χ1n) is 4.84. The van der Waals surface area contributed by atoms with Gasteiger partial charge in [-0.25, -0.2) is 15.0 Å². The maximum Gasteiger partial charge on any atom is 0.192 e. The highest BCUT2D eigenvalue weighted by Crippen LogP contribution is 2.34. The molecular formula is C11H6N3S3. The first kappa shape index (κ1) is 10.9. The minimum Gasteiger partial charge on any atom is -0.231 e. The normalized spacial score (nSPS) is 10.8. The zero-order valence-corrected chi connectivity index (χ0v) is 11.0. The van der Waals surface area contributed by atoms with Gasteiger partial charge in [0, 0.05) is 17.3 Å². The molecule has 83 valence electrons. The summed E-state index contributed by atoms with van der Waals surface area (Å²) in [5.74, 6) is 0. The molecule has 0 aliphatic heterocycles. The molecule has 0 aliphatic carbocycles. The van der Waals surface area contributed by atoms with Crippen molar-refractivity contribution >= 4 is 45.9 Å². The van der Waals surface area contributed by atoms with Crippen LogP contribution in [0.3, 0.4) is 0 Å². The molecule has 0 spiro atoms. The Hall–Kier alpha value is -1.24. The first-order chi connectivity index (χ1) is 8.33. The molecule has 1 aromatic carbocycles. The Labute approximate surface area is 112 Å². The van der Waals surface area contributed by atoms with Gasteiger partial charge in [0.05, 0.1) is 10.2 Å². The van der Waals surface area contributed by atoms with Crippen molar-refractivity contribution in [2.24, 2.45) is 0 Å². The van der Waals surface area contributed by atoms with Crippen LogP contribution in [0.4, 0.5) is 0 Å². The Morgan fingerprint density at radius 1 is 1.12 bits per heavy atom. The van der Waals surface area contributed by atoms with Crippen LogP contribution in [-0.4, -0.2) is 15.0 Å². The number of hydrogen-bond donors (Lipinski definition) is 0. The second kappa shape index (κ2) is 4.56. The van der Waals surface area contributed by atoms with Crippen molar-refractivity contribution in [1.82, 2.24) is 15.0 Å². The molecule has 0 saturated heterocycles. The lowest BCUT2D eigenvalue weighted by molar-refractivity contribution is 0.967. The highest BCUT2D eigenvalue weighted by Gasteiger charge is 2.08. The number of rotatable bonds is 2. The van der Waals surface area contributed by atoms with E-state index >= 15 is 0 Å². The highest BCUT2D eigenvalue weighted by atomic mass is 32.2. The van der Waals surface area contributed by atoms with Crippen LogP contribution in [0.2, 0.25) is 0 Å². The molecule has 6 heteroatoms. The fraction of sp³-hybridized carbons (Fsp3) is 0. The van der Waals surface area contributed by atoms with E-state index < -0.39 is 0 Å². The summed E-state index contributed by atoms with van der Waals surface area (Å²) in [7, 11) is 0. The van der Waals surface area contributed by atoms with Crippen LogP contribution in [0.25, 0.3) is 10.2 Å². The van der Waals surface area contributed by atoms with E-state index in [-0.39, 0.29) is 0 Å². The summed E-state index contributed by atoms with van der Waals surface area (Å²) >= 11 is 8.14. The van der Waals surface area contributed by atoms with E-state index in [1.807, 2.05) is 18.2 Å². The fourth-order valence-electron chi connectivity index (χ4n) is 1.42. The Morgan fingerprint density at radius 2 is 1.94 bits per heavy atom. The lowest BCUT2D eigenvalue weighted by atomic mass is 10.3. The van der Waals surface area contributed by atoms with E-state index in [0.717, 1.165) is 20.3 Å². The smallest absolute Gasteiger partial charge is 0.192 e. The van der Waals surface area contributed by atoms with E-state index in [4.69, 9.17) is 12.6 Å². The molecular weight excluding hydrogens is 270 g/mol. The van der Waals surface area contributed by atoms with Gasteiger partial charge in [-0.15, -0.1) is 11.3 Å². The van der Waals surface area contributed by atoms with E-state index in [2.05, 4.69) is 15.0 Å². The molecule has 0 saturated carbocycles. The van der Waals surface area contributed by atoms with Crippen LogP contribution < -0.4 is 0 Å². The molecule has 2 heterocycles. The van der Waals surface area contributed by atoms with Crippen molar-refractivity contribution in [3.05, 3.63) is 36.7 Å². The Bertz CT molecular complexity index is 651. The summed E-state index contributed by atoms with van der Waals surface area (Å²) in [6.07, 6.45) is 3.46. The van der Waals surface area contributed by atoms with E-state index in [0.29, 0.717) is 4.34 Å². The van der Waals surface area contributed by atoms with Gasteiger partial charge in [0.25, 0.3) is 0 Å². The first-order valence-corrected chi connectivity index (χ1v) is 6.88. The third kappa shape index (κ3) is 2.24. The molecule has 0 fully saturated rings. The van der Waals surface area contributed by atoms with Gasteiger partial charge >= 0.3 is 0 Å². The molecule has 0 amide bonds. The number of fused-ring (bicyclic) bond motifs is 1. The average molecular weight is 276 g/mol. The van der Waals surface area contributed by atoms with Crippen molar-refractivity contribution in [3.63, 3.8) is 0 Å². The number of aromatic nitrogens is 3. The Morgan fingerprint density at radius 3 is 2.76 bits per heavy atom. The van der Waals surface area contributed by atoms with Crippen LogP contribution in [0.15, 0.2) is 51.1 Å². The molecule has 0 unspecified atom stereocenters. The van der Waals surface area contributed by atoms with E-state index in [1.165, 1.54) is 23.1 Å². The topological polar surface area (TPSA) is 38.7 Å². The monoisotopic (exact) mass is 276 g/mol. The van der Waals surface area contributed by atoms with Crippen molar-refractivity contribution in [3.8, 4) is 0 Å². The maximum atomic E-state index is 5.10. The third-order valence-electron chi connectivity index (χ3n) is 2.11. The summed E-state index contributed by atoms with van der Waals surface area (Å²) in [4.78, 5) is 13.8. The quantitative estimate of drug-likeness (QED) is 0.667. The van der Waals surface area contributed by atoms with Gasteiger partial charge in [-0.2, -0.15) is 0 Å². The number of hydrogen-bond acceptors (Lipinski definition) is 5. The minimum absolute atomic E-state index is 0.669. The van der Waals surface area contributed by atoms with Crippen molar-refractivity contribution in [2.45, 2.75) is 14.4 Å². The van der Waals surface area contributed by atoms with Crippen molar-refractivity contribution in [2.75, 3.05) is 0 Å². The predicted octanol–water partition coefficient (Wildman–Crippen LogP) is 3.79. The zero-order valence-electron chi connectivity index (χ0n) is 8.53. The summed E-state index contributed by atoms with van der Waals surface area (Å²) in [5.41, 5.74) is 0.944. The second-order valence-corrected chi connectivity index (χ2v) is 5.90. The Balaban J connectivity index is 2.06. The summed E-state index contributed by atoms with van der Waals surface area (Å²) in [6.45, 7) is 0. The summed E-state index contributed by atoms with van der Waals surface area (Å²) in [6, 6.07) is 7.84. The van der Waals surface area contributed by atoms with Gasteiger partial charge < -0.3 is 0 Å². The minimum atomic E-state index is 0.669. The number of para-hydroxylation sites is 1. The van der Waals surface area contributed by atoms with Gasteiger partial charge in [0.2, 0.25) is 0 Å². The standard InChI is InChI=1S/C11H6N3S3/c15-11-14-9-7(3-1-4-8(9)17-11)16-10-12-5-2-6-13-10/h1-6H.